The molecule has 3 fully saturated rings. The Bertz CT molecular complexity index is 1110. The number of carboxylic acid groups (broad SMARTS) is 1. The lowest BCUT2D eigenvalue weighted by Gasteiger charge is -2.39. The van der Waals surface area contributed by atoms with E-state index in [1.807, 2.05) is 20.8 Å². The first-order chi connectivity index (χ1) is 19.0. The van der Waals surface area contributed by atoms with Crippen molar-refractivity contribution >= 4 is 35.0 Å². The Morgan fingerprint density at radius 3 is 2.27 bits per heavy atom. The Kier molecular flexibility index (Phi) is 10.2. The molecule has 0 bridgehead atoms. The topological polar surface area (TPSA) is 108 Å². The molecule has 40 heavy (non-hydrogen) atoms. The van der Waals surface area contributed by atoms with Gasteiger partial charge in [0.15, 0.2) is 0 Å². The van der Waals surface area contributed by atoms with Crippen molar-refractivity contribution in [3.05, 3.63) is 15.8 Å². The van der Waals surface area contributed by atoms with Crippen molar-refractivity contribution in [2.45, 2.75) is 110 Å². The lowest BCUT2D eigenvalue weighted by Crippen LogP contribution is -2.49. The summed E-state index contributed by atoms with van der Waals surface area (Å²) >= 11 is 1.15. The predicted octanol–water partition coefficient (Wildman–Crippen LogP) is 5.79. The van der Waals surface area contributed by atoms with Crippen LogP contribution in [0.1, 0.15) is 106 Å². The van der Waals surface area contributed by atoms with Crippen LogP contribution in [0.3, 0.4) is 0 Å². The van der Waals surface area contributed by atoms with Crippen molar-refractivity contribution in [1.29, 1.82) is 0 Å². The number of anilines is 1. The van der Waals surface area contributed by atoms with E-state index < -0.39 is 5.97 Å². The van der Waals surface area contributed by atoms with E-state index in [2.05, 4.69) is 29.4 Å². The maximum atomic E-state index is 14.1. The highest BCUT2D eigenvalue weighted by Crippen LogP contribution is 2.39. The average molecular weight is 572 g/mol. The molecule has 8 nitrogen and oxygen atoms in total. The van der Waals surface area contributed by atoms with Crippen LogP contribution in [-0.4, -0.2) is 54.4 Å². The molecule has 1 aromatic rings. The second kappa shape index (κ2) is 13.4. The first kappa shape index (κ1) is 30.4. The smallest absolute Gasteiger partial charge is 0.407 e. The summed E-state index contributed by atoms with van der Waals surface area (Å²) in [5.41, 5.74) is 0.253. The van der Waals surface area contributed by atoms with Crippen molar-refractivity contribution in [2.75, 3.05) is 18.0 Å². The van der Waals surface area contributed by atoms with E-state index in [0.717, 1.165) is 63.0 Å². The fraction of sp³-hybridized carbons (Fsp3) is 0.710. The van der Waals surface area contributed by atoms with Crippen LogP contribution in [0.15, 0.2) is 6.07 Å². The van der Waals surface area contributed by atoms with Crippen LogP contribution in [0.25, 0.3) is 0 Å². The van der Waals surface area contributed by atoms with Gasteiger partial charge in [-0.15, -0.1) is 11.3 Å². The number of aromatic carboxylic acids is 1. The second-order valence-corrected chi connectivity index (χ2v) is 13.9. The van der Waals surface area contributed by atoms with Gasteiger partial charge in [-0.25, -0.2) is 9.59 Å². The maximum Gasteiger partial charge on any atom is 0.407 e. The van der Waals surface area contributed by atoms with Crippen molar-refractivity contribution in [3.63, 3.8) is 0 Å². The van der Waals surface area contributed by atoms with Gasteiger partial charge in [-0.3, -0.25) is 4.79 Å². The molecule has 1 aliphatic heterocycles. The molecule has 0 aromatic carbocycles. The lowest BCUT2D eigenvalue weighted by molar-refractivity contribution is -0.124. The maximum absolute atomic E-state index is 14.1. The fourth-order valence-electron chi connectivity index (χ4n) is 5.97. The van der Waals surface area contributed by atoms with E-state index in [1.54, 1.807) is 11.0 Å². The van der Waals surface area contributed by atoms with Gasteiger partial charge in [0.2, 0.25) is 5.91 Å². The Balaban J connectivity index is 1.52. The zero-order chi connectivity index (χ0) is 28.9. The van der Waals surface area contributed by atoms with Crippen LogP contribution in [0.4, 0.5) is 10.5 Å². The Morgan fingerprint density at radius 1 is 1.02 bits per heavy atom. The van der Waals surface area contributed by atoms with Gasteiger partial charge in [0.1, 0.15) is 11.0 Å². The Labute approximate surface area is 242 Å². The molecule has 9 heteroatoms. The lowest BCUT2D eigenvalue weighted by atomic mass is 9.81. The quantitative estimate of drug-likeness (QED) is 0.373. The molecule has 2 saturated carbocycles. The highest BCUT2D eigenvalue weighted by Gasteiger charge is 2.38. The van der Waals surface area contributed by atoms with Gasteiger partial charge in [0.25, 0.3) is 0 Å². The van der Waals surface area contributed by atoms with Crippen LogP contribution in [-0.2, 0) is 9.53 Å². The molecule has 3 N–H and O–H groups in total. The zero-order valence-electron chi connectivity index (χ0n) is 24.4. The number of hydrogen-bond acceptors (Lipinski definition) is 6. The number of ether oxygens (including phenoxy) is 1. The van der Waals surface area contributed by atoms with Crippen molar-refractivity contribution in [2.24, 2.45) is 17.3 Å². The molecule has 2 amide bonds. The van der Waals surface area contributed by atoms with E-state index in [4.69, 9.17) is 4.74 Å². The molecule has 2 heterocycles. The first-order valence-corrected chi connectivity index (χ1v) is 15.7. The molecule has 4 rings (SSSR count). The highest BCUT2D eigenvalue weighted by atomic mass is 32.1. The van der Waals surface area contributed by atoms with Gasteiger partial charge in [0, 0.05) is 23.4 Å². The predicted molar refractivity (Wildman–Crippen MR) is 158 cm³/mol. The van der Waals surface area contributed by atoms with Crippen LogP contribution >= 0.6 is 11.3 Å². The monoisotopic (exact) mass is 571 g/mol. The molecule has 2 aliphatic carbocycles. The van der Waals surface area contributed by atoms with Gasteiger partial charge in [-0.05, 0) is 110 Å². The third-order valence-corrected chi connectivity index (χ3v) is 9.30. The number of thiophene rings is 1. The number of rotatable bonds is 6. The van der Waals surface area contributed by atoms with Gasteiger partial charge in [-0.1, -0.05) is 18.8 Å². The number of nitrogens with one attached hydrogen (secondary N) is 2. The number of carbonyl (C=O) groups is 3. The third-order valence-electron chi connectivity index (χ3n) is 8.27. The number of piperidine rings is 1. The SMILES string of the molecule is CC(C)(C)C#Cc1cc(N(C(=O)[C@H]2CC[C@H](C)CC2)C2CCC(NC(=O)OC3CCNCC3)CC2)c(C(=O)O)s1. The summed E-state index contributed by atoms with van der Waals surface area (Å²) in [7, 11) is 0. The largest absolute Gasteiger partial charge is 0.477 e. The molecular formula is C31H45N3O5S. The van der Waals surface area contributed by atoms with Crippen LogP contribution in [0.2, 0.25) is 0 Å². The number of nitrogens with zero attached hydrogens (tertiary/aromatic N) is 1. The summed E-state index contributed by atoms with van der Waals surface area (Å²) in [5.74, 6) is 5.85. The van der Waals surface area contributed by atoms with Crippen molar-refractivity contribution < 1.29 is 24.2 Å². The average Bonchev–Trinajstić information content (AvgIpc) is 3.33. The molecule has 3 aliphatic rings. The number of alkyl carbamates (subject to hydrolysis) is 1. The minimum atomic E-state index is -1.03. The van der Waals surface area contributed by atoms with Gasteiger partial charge in [-0.2, -0.15) is 0 Å². The van der Waals surface area contributed by atoms with Gasteiger partial charge < -0.3 is 25.4 Å². The second-order valence-electron chi connectivity index (χ2n) is 12.8. The van der Waals surface area contributed by atoms with Crippen LogP contribution in [0, 0.1) is 29.1 Å². The normalized spacial score (nSPS) is 25.8. The molecule has 0 atom stereocenters. The molecule has 0 radical (unpaired) electrons. The molecule has 1 saturated heterocycles. The summed E-state index contributed by atoms with van der Waals surface area (Å²) in [6.07, 6.45) is 7.71. The van der Waals surface area contributed by atoms with Crippen LogP contribution in [0.5, 0.6) is 0 Å². The minimum absolute atomic E-state index is 0.0208. The van der Waals surface area contributed by atoms with Crippen molar-refractivity contribution in [3.8, 4) is 11.8 Å². The third kappa shape index (κ3) is 8.23. The summed E-state index contributed by atoms with van der Waals surface area (Å²) in [5, 5.41) is 16.4. The van der Waals surface area contributed by atoms with Crippen molar-refractivity contribution in [1.82, 2.24) is 10.6 Å². The highest BCUT2D eigenvalue weighted by molar-refractivity contribution is 7.15. The summed E-state index contributed by atoms with van der Waals surface area (Å²) in [6.45, 7) is 9.99. The Morgan fingerprint density at radius 2 is 1.68 bits per heavy atom. The molecular weight excluding hydrogens is 526 g/mol. The molecule has 220 valence electrons. The molecule has 0 spiro atoms. The standard InChI is InChI=1S/C31H45N3O5S/c1-20-5-7-21(8-6-20)28(35)34(26-19-25(13-16-31(2,3)4)40-27(26)29(36)37)23-11-9-22(10-12-23)33-30(38)39-24-14-17-32-18-15-24/h19-24,32H,5-12,14-15,17-18H2,1-4H3,(H,33,38)(H,36,37)/t20-,21-,22?,23?. The number of hydrogen-bond donors (Lipinski definition) is 3. The number of amides is 2. The van der Waals surface area contributed by atoms with E-state index in [-0.39, 0.29) is 46.4 Å². The first-order valence-electron chi connectivity index (χ1n) is 14.9. The molecule has 0 unspecified atom stereocenters. The minimum Gasteiger partial charge on any atom is -0.477 e. The summed E-state index contributed by atoms with van der Waals surface area (Å²) in [6, 6.07) is 1.66. The summed E-state index contributed by atoms with van der Waals surface area (Å²) < 4.78 is 5.62. The number of carbonyl (C=O) groups excluding carboxylic acids is 2. The van der Waals surface area contributed by atoms with Gasteiger partial charge >= 0.3 is 12.1 Å². The fourth-order valence-corrected chi connectivity index (χ4v) is 6.81. The summed E-state index contributed by atoms with van der Waals surface area (Å²) in [4.78, 5) is 41.6. The van der Waals surface area contributed by atoms with Crippen LogP contribution < -0.4 is 15.5 Å². The van der Waals surface area contributed by atoms with E-state index in [1.165, 1.54) is 0 Å². The Hall–Kier alpha value is -2.57. The van der Waals surface area contributed by atoms with E-state index in [0.29, 0.717) is 42.2 Å². The number of carboxylic acids is 1. The van der Waals surface area contributed by atoms with E-state index in [9.17, 15) is 19.5 Å². The van der Waals surface area contributed by atoms with Gasteiger partial charge in [0.05, 0.1) is 10.6 Å². The molecule has 1 aromatic heterocycles. The zero-order valence-corrected chi connectivity index (χ0v) is 25.2. The van der Waals surface area contributed by atoms with E-state index >= 15 is 0 Å².